The molecular weight excluding hydrogens is 239 g/mol. The van der Waals surface area contributed by atoms with E-state index in [-0.39, 0.29) is 22.2 Å². The summed E-state index contributed by atoms with van der Waals surface area (Å²) in [6, 6.07) is 3.12. The van der Waals surface area contributed by atoms with Crippen LogP contribution >= 0.6 is 23.2 Å². The Morgan fingerprint density at radius 2 is 2.20 bits per heavy atom. The Morgan fingerprint density at radius 1 is 1.60 bits per heavy atom. The second-order valence-corrected chi connectivity index (χ2v) is 3.67. The highest BCUT2D eigenvalue weighted by Gasteiger charge is 2.19. The van der Waals surface area contributed by atoms with Crippen LogP contribution in [0.5, 0.6) is 0 Å². The zero-order valence-corrected chi connectivity index (χ0v) is 9.26. The van der Waals surface area contributed by atoms with E-state index in [2.05, 4.69) is 0 Å². The Hall–Kier alpha value is -1.31. The molecule has 4 nitrogen and oxygen atoms in total. The summed E-state index contributed by atoms with van der Waals surface area (Å²) in [5.41, 5.74) is 0.631. The van der Waals surface area contributed by atoms with Crippen LogP contribution in [0.15, 0.2) is 6.07 Å². The van der Waals surface area contributed by atoms with Gasteiger partial charge < -0.3 is 0 Å². The number of hydrogen-bond acceptors (Lipinski definition) is 3. The van der Waals surface area contributed by atoms with Gasteiger partial charge in [0.2, 0.25) is 0 Å². The van der Waals surface area contributed by atoms with Crippen molar-refractivity contribution in [3.05, 3.63) is 37.4 Å². The highest BCUT2D eigenvalue weighted by atomic mass is 35.5. The number of benzene rings is 1. The molecule has 0 saturated carbocycles. The van der Waals surface area contributed by atoms with E-state index in [0.29, 0.717) is 11.1 Å². The highest BCUT2D eigenvalue weighted by molar-refractivity contribution is 6.37. The monoisotopic (exact) mass is 244 g/mol. The van der Waals surface area contributed by atoms with Gasteiger partial charge in [0.15, 0.2) is 0 Å². The molecule has 6 heteroatoms. The number of halogens is 2. The van der Waals surface area contributed by atoms with Crippen molar-refractivity contribution < 1.29 is 4.92 Å². The van der Waals surface area contributed by atoms with Gasteiger partial charge in [0.05, 0.1) is 27.5 Å². The lowest BCUT2D eigenvalue weighted by Gasteiger charge is -2.06. The number of rotatable bonds is 2. The molecule has 0 heterocycles. The maximum absolute atomic E-state index is 10.6. The van der Waals surface area contributed by atoms with Crippen LogP contribution in [-0.2, 0) is 6.42 Å². The molecule has 0 unspecified atom stereocenters. The lowest BCUT2D eigenvalue weighted by atomic mass is 10.1. The number of hydrogen-bond donors (Lipinski definition) is 0. The SMILES string of the molecule is Cc1c([N+](=O)[O-])cc(Cl)c(CC#N)c1Cl. The van der Waals surface area contributed by atoms with Gasteiger partial charge in [0.25, 0.3) is 5.69 Å². The van der Waals surface area contributed by atoms with Crippen molar-refractivity contribution in [1.82, 2.24) is 0 Å². The third kappa shape index (κ3) is 2.20. The molecular formula is C9H6Cl2N2O2. The Balaban J connectivity index is 3.45. The molecule has 0 saturated heterocycles. The molecule has 1 rings (SSSR count). The quantitative estimate of drug-likeness (QED) is 0.593. The Kier molecular flexibility index (Phi) is 3.51. The van der Waals surface area contributed by atoms with E-state index in [0.717, 1.165) is 0 Å². The van der Waals surface area contributed by atoms with Gasteiger partial charge >= 0.3 is 0 Å². The molecule has 0 amide bonds. The predicted molar refractivity (Wildman–Crippen MR) is 57.2 cm³/mol. The average molecular weight is 245 g/mol. The fourth-order valence-corrected chi connectivity index (χ4v) is 1.77. The third-order valence-electron chi connectivity index (χ3n) is 1.98. The van der Waals surface area contributed by atoms with Gasteiger partial charge in [-0.3, -0.25) is 10.1 Å². The van der Waals surface area contributed by atoms with Crippen LogP contribution in [0, 0.1) is 28.4 Å². The third-order valence-corrected chi connectivity index (χ3v) is 2.83. The van der Waals surface area contributed by atoms with Gasteiger partial charge in [-0.25, -0.2) is 0 Å². The molecule has 0 aromatic heterocycles. The van der Waals surface area contributed by atoms with Gasteiger partial charge in [0.1, 0.15) is 0 Å². The van der Waals surface area contributed by atoms with Crippen LogP contribution in [0.25, 0.3) is 0 Å². The first-order valence-corrected chi connectivity index (χ1v) is 4.73. The van der Waals surface area contributed by atoms with Crippen molar-refractivity contribution >= 4 is 28.9 Å². The highest BCUT2D eigenvalue weighted by Crippen LogP contribution is 2.34. The number of nitro benzene ring substituents is 1. The molecule has 0 aliphatic rings. The molecule has 78 valence electrons. The first-order valence-electron chi connectivity index (χ1n) is 3.97. The van der Waals surface area contributed by atoms with Gasteiger partial charge in [-0.1, -0.05) is 23.2 Å². The van der Waals surface area contributed by atoms with Gasteiger partial charge in [-0.15, -0.1) is 0 Å². The summed E-state index contributed by atoms with van der Waals surface area (Å²) < 4.78 is 0. The van der Waals surface area contributed by atoms with Crippen LogP contribution in [0.4, 0.5) is 5.69 Å². The fraction of sp³-hybridized carbons (Fsp3) is 0.222. The van der Waals surface area contributed by atoms with Crippen LogP contribution in [0.2, 0.25) is 10.0 Å². The molecule has 0 spiro atoms. The molecule has 0 aliphatic carbocycles. The van der Waals surface area contributed by atoms with E-state index < -0.39 is 4.92 Å². The van der Waals surface area contributed by atoms with E-state index in [1.54, 1.807) is 0 Å². The van der Waals surface area contributed by atoms with Crippen LogP contribution in [0.1, 0.15) is 11.1 Å². The molecule has 1 aromatic rings. The normalized spacial score (nSPS) is 9.73. The minimum Gasteiger partial charge on any atom is -0.258 e. The maximum Gasteiger partial charge on any atom is 0.275 e. The summed E-state index contributed by atoms with van der Waals surface area (Å²) in [6.45, 7) is 1.53. The van der Waals surface area contributed by atoms with Gasteiger partial charge in [-0.05, 0) is 6.92 Å². The second-order valence-electron chi connectivity index (χ2n) is 2.89. The van der Waals surface area contributed by atoms with Crippen LogP contribution in [-0.4, -0.2) is 4.92 Å². The smallest absolute Gasteiger partial charge is 0.258 e. The zero-order chi connectivity index (χ0) is 11.6. The van der Waals surface area contributed by atoms with E-state index in [1.165, 1.54) is 13.0 Å². The van der Waals surface area contributed by atoms with Crippen molar-refractivity contribution in [1.29, 1.82) is 5.26 Å². The number of nitrogens with zero attached hydrogens (tertiary/aromatic N) is 2. The topological polar surface area (TPSA) is 66.9 Å². The average Bonchev–Trinajstić information content (AvgIpc) is 2.18. The molecule has 1 aromatic carbocycles. The molecule has 0 fully saturated rings. The predicted octanol–water partition coefficient (Wildman–Crippen LogP) is 3.28. The van der Waals surface area contributed by atoms with Gasteiger partial charge in [0, 0.05) is 17.2 Å². The van der Waals surface area contributed by atoms with Crippen LogP contribution < -0.4 is 0 Å². The second kappa shape index (κ2) is 4.47. The standard InChI is InChI=1S/C9H6Cl2N2O2/c1-5-8(13(14)15)4-7(10)6(2-3-12)9(5)11/h4H,2H2,1H3. The summed E-state index contributed by atoms with van der Waals surface area (Å²) in [6.07, 6.45) is 0.0382. The van der Waals surface area contributed by atoms with Crippen molar-refractivity contribution in [2.45, 2.75) is 13.3 Å². The molecule has 0 aliphatic heterocycles. The molecule has 0 radical (unpaired) electrons. The van der Waals surface area contributed by atoms with Crippen molar-refractivity contribution in [3.63, 3.8) is 0 Å². The first-order chi connectivity index (χ1) is 6.99. The molecule has 0 bridgehead atoms. The maximum atomic E-state index is 10.6. The summed E-state index contributed by atoms with van der Waals surface area (Å²) in [5, 5.41) is 19.5. The van der Waals surface area contributed by atoms with E-state index >= 15 is 0 Å². The lowest BCUT2D eigenvalue weighted by Crippen LogP contribution is -1.96. The zero-order valence-electron chi connectivity index (χ0n) is 7.75. The number of nitro groups is 1. The molecule has 0 atom stereocenters. The summed E-state index contributed by atoms with van der Waals surface area (Å²) >= 11 is 11.7. The summed E-state index contributed by atoms with van der Waals surface area (Å²) in [4.78, 5) is 10.1. The first kappa shape index (κ1) is 11.8. The molecule has 15 heavy (non-hydrogen) atoms. The van der Waals surface area contributed by atoms with Gasteiger partial charge in [-0.2, -0.15) is 5.26 Å². The van der Waals surface area contributed by atoms with E-state index in [1.807, 2.05) is 6.07 Å². The Morgan fingerprint density at radius 3 is 2.67 bits per heavy atom. The van der Waals surface area contributed by atoms with Crippen molar-refractivity contribution in [2.24, 2.45) is 0 Å². The Labute approximate surface area is 96.2 Å². The largest absolute Gasteiger partial charge is 0.275 e. The lowest BCUT2D eigenvalue weighted by molar-refractivity contribution is -0.385. The number of nitriles is 1. The summed E-state index contributed by atoms with van der Waals surface area (Å²) in [5.74, 6) is 0. The van der Waals surface area contributed by atoms with Crippen molar-refractivity contribution in [2.75, 3.05) is 0 Å². The fourth-order valence-electron chi connectivity index (χ4n) is 1.19. The Bertz CT molecular complexity index is 466. The van der Waals surface area contributed by atoms with E-state index in [9.17, 15) is 10.1 Å². The van der Waals surface area contributed by atoms with Crippen molar-refractivity contribution in [3.8, 4) is 6.07 Å². The minimum atomic E-state index is -0.552. The minimum absolute atomic E-state index is 0.0382. The summed E-state index contributed by atoms with van der Waals surface area (Å²) in [7, 11) is 0. The van der Waals surface area contributed by atoms with E-state index in [4.69, 9.17) is 28.5 Å². The molecule has 0 N–H and O–H groups in total. The van der Waals surface area contributed by atoms with Crippen LogP contribution in [0.3, 0.4) is 0 Å².